The number of rotatable bonds is 4. The van der Waals surface area contributed by atoms with E-state index in [0.29, 0.717) is 0 Å². The average Bonchev–Trinajstić information content (AvgIpc) is 2.94. The molecule has 164 valence electrons. The largest absolute Gasteiger partial charge is 0.418 e. The van der Waals surface area contributed by atoms with E-state index in [-0.39, 0.29) is 34.1 Å². The molecule has 0 aromatic heterocycles. The van der Waals surface area contributed by atoms with Gasteiger partial charge in [-0.1, -0.05) is 24.3 Å². The molecule has 0 atom stereocenters. The van der Waals surface area contributed by atoms with Gasteiger partial charge in [-0.2, -0.15) is 18.3 Å². The average molecular weight is 471 g/mol. The highest BCUT2D eigenvalue weighted by Crippen LogP contribution is 2.42. The summed E-state index contributed by atoms with van der Waals surface area (Å²) in [7, 11) is -4.23. The molecule has 2 aromatic carbocycles. The third-order valence-electron chi connectivity index (χ3n) is 4.44. The normalized spacial score (nSPS) is 15.3. The Labute approximate surface area is 181 Å². The number of amides is 1. The number of thiocarbonyl (C=S) groups is 1. The van der Waals surface area contributed by atoms with Crippen LogP contribution in [0.5, 0.6) is 0 Å². The van der Waals surface area contributed by atoms with Crippen LogP contribution in [0.25, 0.3) is 0 Å². The molecular formula is C18H16F3N5O3S2. The topological polar surface area (TPSA) is 122 Å². The van der Waals surface area contributed by atoms with E-state index >= 15 is 0 Å². The van der Waals surface area contributed by atoms with E-state index in [1.54, 1.807) is 0 Å². The van der Waals surface area contributed by atoms with Gasteiger partial charge in [0, 0.05) is 12.1 Å². The molecule has 1 aliphatic heterocycles. The van der Waals surface area contributed by atoms with Crippen LogP contribution in [0, 0.1) is 0 Å². The Kier molecular flexibility index (Phi) is 5.78. The minimum atomic E-state index is -4.71. The molecule has 1 amide bonds. The number of anilines is 2. The molecular weight excluding hydrogens is 455 g/mol. The van der Waals surface area contributed by atoms with Crippen LogP contribution in [0.15, 0.2) is 52.5 Å². The number of sulfonamides is 1. The second-order valence-corrected chi connectivity index (χ2v) is 8.31. The Balaban J connectivity index is 2.27. The number of carbonyl (C=O) groups excluding carboxylic acids is 1. The smallest absolute Gasteiger partial charge is 0.374 e. The molecule has 0 aliphatic carbocycles. The van der Waals surface area contributed by atoms with E-state index in [0.717, 1.165) is 22.0 Å². The van der Waals surface area contributed by atoms with E-state index < -0.39 is 32.8 Å². The summed E-state index contributed by atoms with van der Waals surface area (Å²) in [5, 5.41) is 9.64. The molecule has 0 unspecified atom stereocenters. The SMILES string of the molecule is CCN1C(=O)/C(=N\N(C(N)=S)c2ccccc2S(N)(=O)=O)c2cccc(C(F)(F)F)c21. The lowest BCUT2D eigenvalue weighted by Gasteiger charge is -2.20. The second kappa shape index (κ2) is 7.90. The number of alkyl halides is 3. The molecule has 31 heavy (non-hydrogen) atoms. The molecule has 0 bridgehead atoms. The summed E-state index contributed by atoms with van der Waals surface area (Å²) >= 11 is 4.95. The highest BCUT2D eigenvalue weighted by atomic mass is 32.2. The van der Waals surface area contributed by atoms with Crippen molar-refractivity contribution in [2.75, 3.05) is 16.5 Å². The first-order valence-electron chi connectivity index (χ1n) is 8.70. The third-order valence-corrected chi connectivity index (χ3v) is 5.57. The van der Waals surface area contributed by atoms with Crippen molar-refractivity contribution < 1.29 is 26.4 Å². The number of carbonyl (C=O) groups is 1. The maximum atomic E-state index is 13.5. The van der Waals surface area contributed by atoms with Gasteiger partial charge < -0.3 is 10.6 Å². The lowest BCUT2D eigenvalue weighted by molar-refractivity contribution is -0.137. The number of para-hydroxylation sites is 2. The molecule has 0 saturated carbocycles. The molecule has 2 aromatic rings. The highest BCUT2D eigenvalue weighted by Gasteiger charge is 2.43. The van der Waals surface area contributed by atoms with Crippen molar-refractivity contribution >= 4 is 50.3 Å². The second-order valence-electron chi connectivity index (χ2n) is 6.36. The number of halogens is 3. The van der Waals surface area contributed by atoms with Gasteiger partial charge in [-0.05, 0) is 37.3 Å². The zero-order chi connectivity index (χ0) is 23.1. The van der Waals surface area contributed by atoms with Crippen molar-refractivity contribution in [3.8, 4) is 0 Å². The first kappa shape index (κ1) is 22.7. The molecule has 8 nitrogen and oxygen atoms in total. The Morgan fingerprint density at radius 3 is 2.39 bits per heavy atom. The quantitative estimate of drug-likeness (QED) is 0.521. The number of hydrazone groups is 1. The highest BCUT2D eigenvalue weighted by molar-refractivity contribution is 7.89. The Morgan fingerprint density at radius 1 is 1.19 bits per heavy atom. The predicted octanol–water partition coefficient (Wildman–Crippen LogP) is 2.17. The summed E-state index contributed by atoms with van der Waals surface area (Å²) in [6.07, 6.45) is -4.71. The molecule has 0 saturated heterocycles. The minimum absolute atomic E-state index is 0.0568. The van der Waals surface area contributed by atoms with Crippen LogP contribution in [0.4, 0.5) is 24.5 Å². The fraction of sp³-hybridized carbons (Fsp3) is 0.167. The molecule has 1 aliphatic rings. The van der Waals surface area contributed by atoms with Crippen molar-refractivity contribution in [1.29, 1.82) is 0 Å². The van der Waals surface area contributed by atoms with Crippen LogP contribution < -0.4 is 20.8 Å². The van der Waals surface area contributed by atoms with E-state index in [9.17, 15) is 26.4 Å². The number of benzene rings is 2. The number of nitrogens with two attached hydrogens (primary N) is 2. The standard InChI is InChI=1S/C18H16F3N5O3S2/c1-2-25-15-10(6-5-7-11(15)18(19,20)21)14(16(25)27)24-26(17(22)30)12-8-3-4-9-13(12)31(23,28)29/h3-9H,2H2,1H3,(H2,22,30)(H2,23,28,29)/b24-14-. The zero-order valence-electron chi connectivity index (χ0n) is 15.9. The lowest BCUT2D eigenvalue weighted by atomic mass is 10.1. The van der Waals surface area contributed by atoms with E-state index in [1.165, 1.54) is 37.3 Å². The van der Waals surface area contributed by atoms with Crippen LogP contribution in [0.3, 0.4) is 0 Å². The van der Waals surface area contributed by atoms with Crippen molar-refractivity contribution in [2.24, 2.45) is 16.0 Å². The third kappa shape index (κ3) is 4.11. The van der Waals surface area contributed by atoms with Crippen molar-refractivity contribution in [3.05, 3.63) is 53.6 Å². The first-order chi connectivity index (χ1) is 14.4. The fourth-order valence-corrected chi connectivity index (χ4v) is 4.05. The van der Waals surface area contributed by atoms with Gasteiger partial charge in [0.25, 0.3) is 5.91 Å². The molecule has 13 heteroatoms. The maximum absolute atomic E-state index is 13.5. The summed E-state index contributed by atoms with van der Waals surface area (Å²) in [6, 6.07) is 8.65. The molecule has 4 N–H and O–H groups in total. The summed E-state index contributed by atoms with van der Waals surface area (Å²) in [5.74, 6) is -0.816. The van der Waals surface area contributed by atoms with Gasteiger partial charge in [0.2, 0.25) is 10.0 Å². The van der Waals surface area contributed by atoms with Crippen LogP contribution in [0.1, 0.15) is 18.1 Å². The number of hydrogen-bond donors (Lipinski definition) is 2. The first-order valence-corrected chi connectivity index (χ1v) is 10.7. The monoisotopic (exact) mass is 471 g/mol. The maximum Gasteiger partial charge on any atom is 0.418 e. The van der Waals surface area contributed by atoms with Gasteiger partial charge in [-0.15, -0.1) is 0 Å². The van der Waals surface area contributed by atoms with Gasteiger partial charge in [0.15, 0.2) is 10.8 Å². The number of primary sulfonamides is 1. The summed E-state index contributed by atoms with van der Waals surface area (Å²) in [6.45, 7) is 1.46. The van der Waals surface area contributed by atoms with Crippen LogP contribution in [-0.4, -0.2) is 31.7 Å². The number of hydrogen-bond acceptors (Lipinski definition) is 5. The molecule has 1 heterocycles. The van der Waals surface area contributed by atoms with Crippen LogP contribution >= 0.6 is 12.2 Å². The van der Waals surface area contributed by atoms with Gasteiger partial charge in [0.05, 0.1) is 16.9 Å². The lowest BCUT2D eigenvalue weighted by Crippen LogP contribution is -2.36. The number of likely N-dealkylation sites (N-methyl/N-ethyl adjacent to an activating group) is 1. The Hall–Kier alpha value is -3.03. The summed E-state index contributed by atoms with van der Waals surface area (Å²) in [5.41, 5.74) is 3.74. The van der Waals surface area contributed by atoms with Crippen molar-refractivity contribution in [1.82, 2.24) is 0 Å². The molecule has 0 radical (unpaired) electrons. The van der Waals surface area contributed by atoms with Gasteiger partial charge in [-0.3, -0.25) is 4.79 Å². The van der Waals surface area contributed by atoms with Gasteiger partial charge in [-0.25, -0.2) is 18.6 Å². The van der Waals surface area contributed by atoms with E-state index in [1.807, 2.05) is 0 Å². The Morgan fingerprint density at radius 2 is 1.84 bits per heavy atom. The van der Waals surface area contributed by atoms with E-state index in [4.69, 9.17) is 23.1 Å². The summed E-state index contributed by atoms with van der Waals surface area (Å²) < 4.78 is 64.5. The van der Waals surface area contributed by atoms with Crippen molar-refractivity contribution in [2.45, 2.75) is 18.0 Å². The Bertz CT molecular complexity index is 1210. The van der Waals surface area contributed by atoms with Crippen LogP contribution in [0.2, 0.25) is 0 Å². The molecule has 0 fully saturated rings. The minimum Gasteiger partial charge on any atom is -0.374 e. The number of nitrogens with zero attached hydrogens (tertiary/aromatic N) is 3. The van der Waals surface area contributed by atoms with E-state index in [2.05, 4.69) is 5.10 Å². The van der Waals surface area contributed by atoms with Gasteiger partial charge >= 0.3 is 6.18 Å². The summed E-state index contributed by atoms with van der Waals surface area (Å²) in [4.78, 5) is 13.5. The molecule has 0 spiro atoms. The van der Waals surface area contributed by atoms with Gasteiger partial charge in [0.1, 0.15) is 4.90 Å². The van der Waals surface area contributed by atoms with Crippen LogP contribution in [-0.2, 0) is 21.0 Å². The number of fused-ring (bicyclic) bond motifs is 1. The molecule has 3 rings (SSSR count). The fourth-order valence-electron chi connectivity index (χ4n) is 3.19. The zero-order valence-corrected chi connectivity index (χ0v) is 17.6. The predicted molar refractivity (Wildman–Crippen MR) is 113 cm³/mol. The van der Waals surface area contributed by atoms with Crippen molar-refractivity contribution in [3.63, 3.8) is 0 Å².